The van der Waals surface area contributed by atoms with E-state index in [9.17, 15) is 19.7 Å². The maximum atomic E-state index is 12.2. The van der Waals surface area contributed by atoms with Gasteiger partial charge in [-0.05, 0) is 24.1 Å². The molecule has 2 aromatic rings. The molecule has 1 fully saturated rings. The van der Waals surface area contributed by atoms with Crippen LogP contribution in [0.2, 0.25) is 0 Å². The molecule has 1 amide bonds. The summed E-state index contributed by atoms with van der Waals surface area (Å²) in [7, 11) is 0. The molecule has 0 unspecified atom stereocenters. The Morgan fingerprint density at radius 3 is 2.50 bits per heavy atom. The Kier molecular flexibility index (Phi) is 6.21. The second kappa shape index (κ2) is 8.98. The van der Waals surface area contributed by atoms with Gasteiger partial charge in [0.1, 0.15) is 12.7 Å². The van der Waals surface area contributed by atoms with Crippen LogP contribution in [0.5, 0.6) is 0 Å². The normalized spacial score (nSPS) is 16.3. The van der Waals surface area contributed by atoms with E-state index in [1.54, 1.807) is 19.4 Å². The molecule has 0 bridgehead atoms. The van der Waals surface area contributed by atoms with Crippen LogP contribution in [0.4, 0.5) is 10.5 Å². The zero-order valence-corrected chi connectivity index (χ0v) is 14.8. The van der Waals surface area contributed by atoms with Crippen LogP contribution in [0.3, 0.4) is 0 Å². The number of nitro benzene ring substituents is 1. The lowest BCUT2D eigenvalue weighted by Crippen LogP contribution is -2.42. The first kappa shape index (κ1) is 19.3. The Labute approximate surface area is 161 Å². The molecule has 2 aromatic carbocycles. The molecule has 1 saturated heterocycles. The minimum absolute atomic E-state index is 0.114. The van der Waals surface area contributed by atoms with Crippen LogP contribution in [0.25, 0.3) is 0 Å². The number of carbonyl (C=O) groups is 2. The molecule has 0 aliphatic carbocycles. The summed E-state index contributed by atoms with van der Waals surface area (Å²) >= 11 is 0. The second-order valence-corrected chi connectivity index (χ2v) is 5.97. The molecule has 0 spiro atoms. The minimum Gasteiger partial charge on any atom is -0.457 e. The molecule has 1 aliphatic rings. The molecule has 28 heavy (non-hydrogen) atoms. The van der Waals surface area contributed by atoms with Gasteiger partial charge in [0.15, 0.2) is 0 Å². The molecule has 1 heterocycles. The number of non-ortho nitro benzene ring substituents is 1. The Hall–Kier alpha value is -3.42. The van der Waals surface area contributed by atoms with Crippen molar-refractivity contribution in [2.75, 3.05) is 6.54 Å². The number of hydrogen-bond acceptors (Lipinski definition) is 6. The third-order valence-corrected chi connectivity index (χ3v) is 3.98. The number of nitro groups is 1. The summed E-state index contributed by atoms with van der Waals surface area (Å²) in [5, 5.41) is 10.7. The summed E-state index contributed by atoms with van der Waals surface area (Å²) in [4.78, 5) is 35.9. The third kappa shape index (κ3) is 5.06. The van der Waals surface area contributed by atoms with E-state index in [1.165, 1.54) is 29.2 Å². The lowest BCUT2D eigenvalue weighted by atomic mass is 10.1. The summed E-state index contributed by atoms with van der Waals surface area (Å²) in [6.07, 6.45) is 2.03. The molecule has 0 saturated carbocycles. The van der Waals surface area contributed by atoms with Gasteiger partial charge < -0.3 is 9.47 Å². The van der Waals surface area contributed by atoms with Crippen molar-refractivity contribution >= 4 is 17.7 Å². The van der Waals surface area contributed by atoms with Crippen molar-refractivity contribution in [3.8, 4) is 0 Å². The first-order chi connectivity index (χ1) is 13.5. The van der Waals surface area contributed by atoms with Crippen molar-refractivity contribution in [2.24, 2.45) is 0 Å². The van der Waals surface area contributed by atoms with E-state index in [0.29, 0.717) is 0 Å². The quantitative estimate of drug-likeness (QED) is 0.447. The summed E-state index contributed by atoms with van der Waals surface area (Å²) in [6.45, 7) is 1.80. The molecule has 3 rings (SSSR count). The number of benzene rings is 2. The van der Waals surface area contributed by atoms with E-state index in [0.717, 1.165) is 5.56 Å². The van der Waals surface area contributed by atoms with E-state index in [1.807, 2.05) is 30.3 Å². The van der Waals surface area contributed by atoms with Crippen LogP contribution < -0.4 is 0 Å². The molecule has 8 heteroatoms. The lowest BCUT2D eigenvalue weighted by molar-refractivity contribution is -0.384. The summed E-state index contributed by atoms with van der Waals surface area (Å²) in [6, 6.07) is 14.4. The van der Waals surface area contributed by atoms with Crippen molar-refractivity contribution < 1.29 is 24.0 Å². The largest absolute Gasteiger partial charge is 0.457 e. The number of esters is 1. The van der Waals surface area contributed by atoms with Crippen LogP contribution >= 0.6 is 0 Å². The molecular formula is C20H17N2O6. The number of piperidine rings is 1. The van der Waals surface area contributed by atoms with Crippen LogP contribution in [0.15, 0.2) is 54.6 Å². The topological polar surface area (TPSA) is 99.0 Å². The highest BCUT2D eigenvalue weighted by molar-refractivity contribution is 5.89. The van der Waals surface area contributed by atoms with Crippen LogP contribution in [0.1, 0.15) is 15.9 Å². The van der Waals surface area contributed by atoms with Gasteiger partial charge in [0, 0.05) is 18.6 Å². The molecule has 143 valence electrons. The second-order valence-electron chi connectivity index (χ2n) is 5.97. The van der Waals surface area contributed by atoms with Gasteiger partial charge in [-0.1, -0.05) is 30.3 Å². The van der Waals surface area contributed by atoms with Crippen molar-refractivity contribution in [2.45, 2.75) is 12.7 Å². The van der Waals surface area contributed by atoms with Gasteiger partial charge >= 0.3 is 12.1 Å². The van der Waals surface area contributed by atoms with Crippen molar-refractivity contribution in [1.82, 2.24) is 4.90 Å². The monoisotopic (exact) mass is 381 g/mol. The first-order valence-electron chi connectivity index (χ1n) is 8.47. The average molecular weight is 381 g/mol. The van der Waals surface area contributed by atoms with Crippen LogP contribution in [-0.2, 0) is 16.1 Å². The summed E-state index contributed by atoms with van der Waals surface area (Å²) < 4.78 is 10.6. The van der Waals surface area contributed by atoms with E-state index in [2.05, 4.69) is 0 Å². The Bertz CT molecular complexity index is 838. The van der Waals surface area contributed by atoms with E-state index < -0.39 is 23.1 Å². The maximum absolute atomic E-state index is 12.2. The minimum atomic E-state index is -0.656. The Balaban J connectivity index is 1.51. The average Bonchev–Trinajstić information content (AvgIpc) is 2.73. The first-order valence-corrected chi connectivity index (χ1v) is 8.47. The molecule has 8 nitrogen and oxygen atoms in total. The van der Waals surface area contributed by atoms with E-state index >= 15 is 0 Å². The number of nitrogens with zero attached hydrogens (tertiary/aromatic N) is 2. The maximum Gasteiger partial charge on any atom is 0.410 e. The van der Waals surface area contributed by atoms with E-state index in [4.69, 9.17) is 9.47 Å². The number of carbonyl (C=O) groups excluding carboxylic acids is 2. The fourth-order valence-corrected chi connectivity index (χ4v) is 2.53. The third-order valence-electron chi connectivity index (χ3n) is 3.98. The Morgan fingerprint density at radius 2 is 1.82 bits per heavy atom. The number of rotatable bonds is 5. The highest BCUT2D eigenvalue weighted by Crippen LogP contribution is 2.19. The molecule has 0 aromatic heterocycles. The van der Waals surface area contributed by atoms with Gasteiger partial charge in [-0.25, -0.2) is 9.59 Å². The molecular weight excluding hydrogens is 364 g/mol. The van der Waals surface area contributed by atoms with Crippen molar-refractivity contribution in [3.63, 3.8) is 0 Å². The molecule has 1 aliphatic heterocycles. The molecule has 1 atom stereocenters. The Morgan fingerprint density at radius 1 is 1.11 bits per heavy atom. The zero-order valence-electron chi connectivity index (χ0n) is 14.8. The predicted molar refractivity (Wildman–Crippen MR) is 98.5 cm³/mol. The van der Waals surface area contributed by atoms with Gasteiger partial charge in [0.2, 0.25) is 0 Å². The fourth-order valence-electron chi connectivity index (χ4n) is 2.53. The van der Waals surface area contributed by atoms with E-state index in [-0.39, 0.29) is 24.4 Å². The zero-order chi connectivity index (χ0) is 19.9. The fraction of sp³-hybridized carbons (Fsp3) is 0.150. The standard InChI is InChI=1S/C20H17N2O6/c23-19(16-8-10-17(11-9-16)22(25)26)28-18-7-4-12-21(13-18)20(24)27-14-15-5-2-1-3-6-15/h1-12,18H,13-14H2/t18-/m0/s1. The summed E-state index contributed by atoms with van der Waals surface area (Å²) in [5.74, 6) is -0.635. The van der Waals surface area contributed by atoms with Gasteiger partial charge in [0.25, 0.3) is 5.69 Å². The van der Waals surface area contributed by atoms with Crippen LogP contribution in [0, 0.1) is 29.5 Å². The highest BCUT2D eigenvalue weighted by Gasteiger charge is 2.28. The van der Waals surface area contributed by atoms with Gasteiger partial charge in [-0.3, -0.25) is 15.0 Å². The van der Waals surface area contributed by atoms with Gasteiger partial charge in [-0.15, -0.1) is 0 Å². The van der Waals surface area contributed by atoms with Crippen molar-refractivity contribution in [3.05, 3.63) is 95.2 Å². The van der Waals surface area contributed by atoms with Crippen molar-refractivity contribution in [1.29, 1.82) is 0 Å². The highest BCUT2D eigenvalue weighted by atomic mass is 16.6. The lowest BCUT2D eigenvalue weighted by Gasteiger charge is -2.30. The molecule has 0 N–H and O–H groups in total. The number of amides is 1. The number of ether oxygens (including phenoxy) is 2. The smallest absolute Gasteiger partial charge is 0.410 e. The molecule has 3 radical (unpaired) electrons. The number of likely N-dealkylation sites (tertiary alicyclic amines) is 1. The summed E-state index contributed by atoms with van der Waals surface area (Å²) in [5.41, 5.74) is 0.937. The van der Waals surface area contributed by atoms with Crippen LogP contribution in [-0.4, -0.2) is 34.5 Å². The number of hydrogen-bond donors (Lipinski definition) is 0. The predicted octanol–water partition coefficient (Wildman–Crippen LogP) is 3.34. The van der Waals surface area contributed by atoms with Gasteiger partial charge in [-0.2, -0.15) is 0 Å². The van der Waals surface area contributed by atoms with Gasteiger partial charge in [0.05, 0.1) is 23.6 Å². The SMILES string of the molecule is O=C(O[C@H]1[CH][CH][CH]N(C(=O)OCc2ccccc2)C1)c1ccc([N+](=O)[O-])cc1.